The summed E-state index contributed by atoms with van der Waals surface area (Å²) in [6, 6.07) is 9.94. The molecule has 0 radical (unpaired) electrons. The van der Waals surface area contributed by atoms with Crippen LogP contribution in [0, 0.1) is 13.8 Å². The second-order valence-electron chi connectivity index (χ2n) is 5.81. The molecule has 0 saturated carbocycles. The van der Waals surface area contributed by atoms with Gasteiger partial charge >= 0.3 is 0 Å². The standard InChI is InChI=1S/C18H20N4OS/c1-11-9-14(13(3)24-11)12(2)20-21-18(23)10-17-19-15-7-5-6-8-16(15)22(17)4/h5-9H,10H2,1-4H3,(H,21,23)/b20-12+. The van der Waals surface area contributed by atoms with Crippen molar-refractivity contribution in [3.8, 4) is 0 Å². The number of rotatable bonds is 4. The van der Waals surface area contributed by atoms with E-state index in [4.69, 9.17) is 0 Å². The van der Waals surface area contributed by atoms with Gasteiger partial charge in [0.25, 0.3) is 0 Å². The summed E-state index contributed by atoms with van der Waals surface area (Å²) in [5.41, 5.74) is 6.45. The van der Waals surface area contributed by atoms with E-state index in [-0.39, 0.29) is 12.3 Å². The van der Waals surface area contributed by atoms with Gasteiger partial charge in [-0.15, -0.1) is 11.3 Å². The lowest BCUT2D eigenvalue weighted by Gasteiger charge is -2.03. The van der Waals surface area contributed by atoms with Crippen LogP contribution in [0.2, 0.25) is 0 Å². The number of para-hydroxylation sites is 2. The molecule has 0 fully saturated rings. The minimum atomic E-state index is -0.169. The summed E-state index contributed by atoms with van der Waals surface area (Å²) in [7, 11) is 1.92. The molecule has 24 heavy (non-hydrogen) atoms. The Labute approximate surface area is 145 Å². The minimum absolute atomic E-state index is 0.169. The monoisotopic (exact) mass is 340 g/mol. The molecule has 0 spiro atoms. The van der Waals surface area contributed by atoms with E-state index in [0.29, 0.717) is 0 Å². The second kappa shape index (κ2) is 6.57. The van der Waals surface area contributed by atoms with Gasteiger partial charge in [-0.2, -0.15) is 5.10 Å². The van der Waals surface area contributed by atoms with Crippen LogP contribution in [0.4, 0.5) is 0 Å². The first-order valence-corrected chi connectivity index (χ1v) is 8.58. The first-order chi connectivity index (χ1) is 11.5. The lowest BCUT2D eigenvalue weighted by molar-refractivity contribution is -0.120. The van der Waals surface area contributed by atoms with Gasteiger partial charge in [0.1, 0.15) is 5.82 Å². The zero-order valence-corrected chi connectivity index (χ0v) is 15.1. The van der Waals surface area contributed by atoms with Gasteiger partial charge in [0.2, 0.25) is 5.91 Å². The number of carbonyl (C=O) groups excluding carboxylic acids is 1. The number of hydrogen-bond donors (Lipinski definition) is 1. The third-order valence-electron chi connectivity index (χ3n) is 3.98. The van der Waals surface area contributed by atoms with Crippen LogP contribution in [-0.2, 0) is 18.3 Å². The van der Waals surface area contributed by atoms with Gasteiger partial charge in [-0.3, -0.25) is 4.79 Å². The van der Waals surface area contributed by atoms with Crippen molar-refractivity contribution in [1.82, 2.24) is 15.0 Å². The zero-order valence-electron chi connectivity index (χ0n) is 14.3. The molecule has 0 unspecified atom stereocenters. The summed E-state index contributed by atoms with van der Waals surface area (Å²) in [5, 5.41) is 4.23. The van der Waals surface area contributed by atoms with Crippen molar-refractivity contribution < 1.29 is 4.79 Å². The summed E-state index contributed by atoms with van der Waals surface area (Å²) < 4.78 is 1.94. The smallest absolute Gasteiger partial charge is 0.247 e. The average molecular weight is 340 g/mol. The molecule has 0 aliphatic heterocycles. The highest BCUT2D eigenvalue weighted by Crippen LogP contribution is 2.21. The van der Waals surface area contributed by atoms with Crippen LogP contribution >= 0.6 is 11.3 Å². The first kappa shape index (κ1) is 16.4. The van der Waals surface area contributed by atoms with Crippen LogP contribution in [-0.4, -0.2) is 21.2 Å². The van der Waals surface area contributed by atoms with E-state index in [1.54, 1.807) is 11.3 Å². The van der Waals surface area contributed by atoms with E-state index in [1.807, 2.05) is 42.8 Å². The van der Waals surface area contributed by atoms with E-state index < -0.39 is 0 Å². The van der Waals surface area contributed by atoms with Gasteiger partial charge in [-0.25, -0.2) is 10.4 Å². The van der Waals surface area contributed by atoms with Crippen LogP contribution in [0.5, 0.6) is 0 Å². The van der Waals surface area contributed by atoms with E-state index in [0.717, 1.165) is 28.1 Å². The van der Waals surface area contributed by atoms with Crippen LogP contribution in [0.15, 0.2) is 35.4 Å². The number of thiophene rings is 1. The van der Waals surface area contributed by atoms with E-state index in [9.17, 15) is 4.79 Å². The number of imidazole rings is 1. The van der Waals surface area contributed by atoms with E-state index in [2.05, 4.69) is 35.4 Å². The van der Waals surface area contributed by atoms with Crippen molar-refractivity contribution in [3.63, 3.8) is 0 Å². The van der Waals surface area contributed by atoms with Crippen molar-refractivity contribution in [3.05, 3.63) is 51.5 Å². The molecule has 5 nitrogen and oxygen atoms in total. The quantitative estimate of drug-likeness (QED) is 0.585. The number of carbonyl (C=O) groups is 1. The normalized spacial score (nSPS) is 11.9. The molecule has 0 bridgehead atoms. The SMILES string of the molecule is C/C(=N\NC(=O)Cc1nc2ccccc2n1C)c1cc(C)sc1C. The number of nitrogens with zero attached hydrogens (tertiary/aromatic N) is 3. The molecule has 3 rings (SSSR count). The Kier molecular flexibility index (Phi) is 4.49. The Morgan fingerprint density at radius 2 is 2.08 bits per heavy atom. The molecule has 3 aromatic rings. The molecule has 1 aromatic carbocycles. The molecule has 0 atom stereocenters. The zero-order chi connectivity index (χ0) is 17.3. The molecule has 1 N–H and O–H groups in total. The highest BCUT2D eigenvalue weighted by Gasteiger charge is 2.12. The number of benzene rings is 1. The largest absolute Gasteiger partial charge is 0.331 e. The molecule has 2 heterocycles. The Bertz CT molecular complexity index is 936. The van der Waals surface area contributed by atoms with Crippen molar-refractivity contribution in [2.24, 2.45) is 12.1 Å². The first-order valence-electron chi connectivity index (χ1n) is 7.76. The summed E-state index contributed by atoms with van der Waals surface area (Å²) in [6.07, 6.45) is 0.198. The number of aromatic nitrogens is 2. The summed E-state index contributed by atoms with van der Waals surface area (Å²) in [5.74, 6) is 0.557. The van der Waals surface area contributed by atoms with Gasteiger partial charge in [-0.05, 0) is 39.0 Å². The maximum atomic E-state index is 12.2. The summed E-state index contributed by atoms with van der Waals surface area (Å²) in [4.78, 5) is 19.2. The van der Waals surface area contributed by atoms with Gasteiger partial charge < -0.3 is 4.57 Å². The third kappa shape index (κ3) is 3.23. The lowest BCUT2D eigenvalue weighted by atomic mass is 10.2. The molecule has 124 valence electrons. The molecule has 0 aliphatic carbocycles. The maximum absolute atomic E-state index is 12.2. The number of amides is 1. The molecule has 1 amide bonds. The van der Waals surface area contributed by atoms with Crippen molar-refractivity contribution in [2.45, 2.75) is 27.2 Å². The Morgan fingerprint density at radius 1 is 1.33 bits per heavy atom. The number of fused-ring (bicyclic) bond motifs is 1. The van der Waals surface area contributed by atoms with E-state index >= 15 is 0 Å². The maximum Gasteiger partial charge on any atom is 0.247 e. The van der Waals surface area contributed by atoms with Gasteiger partial charge in [0.05, 0.1) is 23.2 Å². The minimum Gasteiger partial charge on any atom is -0.331 e. The third-order valence-corrected chi connectivity index (χ3v) is 4.94. The Hall–Kier alpha value is -2.47. The Balaban J connectivity index is 1.72. The number of nitrogens with one attached hydrogen (secondary N) is 1. The van der Waals surface area contributed by atoms with Gasteiger partial charge in [0, 0.05) is 22.4 Å². The van der Waals surface area contributed by atoms with Crippen molar-refractivity contribution in [2.75, 3.05) is 0 Å². The van der Waals surface area contributed by atoms with Crippen molar-refractivity contribution in [1.29, 1.82) is 0 Å². The molecular weight excluding hydrogens is 320 g/mol. The predicted molar refractivity (Wildman–Crippen MR) is 98.6 cm³/mol. The van der Waals surface area contributed by atoms with Crippen LogP contribution in [0.1, 0.15) is 28.1 Å². The molecule has 0 aliphatic rings. The van der Waals surface area contributed by atoms with Gasteiger partial charge in [0.15, 0.2) is 0 Å². The number of hydrazone groups is 1. The predicted octanol–water partition coefficient (Wildman–Crippen LogP) is 3.33. The molecule has 0 saturated heterocycles. The molecular formula is C18H20N4OS. The highest BCUT2D eigenvalue weighted by atomic mass is 32.1. The highest BCUT2D eigenvalue weighted by molar-refractivity contribution is 7.12. The second-order valence-corrected chi connectivity index (χ2v) is 7.27. The van der Waals surface area contributed by atoms with Gasteiger partial charge in [-0.1, -0.05) is 12.1 Å². The summed E-state index contributed by atoms with van der Waals surface area (Å²) in [6.45, 7) is 6.04. The fourth-order valence-electron chi connectivity index (χ4n) is 2.73. The summed E-state index contributed by atoms with van der Waals surface area (Å²) >= 11 is 1.73. The number of hydrogen-bond acceptors (Lipinski definition) is 4. The lowest BCUT2D eigenvalue weighted by Crippen LogP contribution is -2.22. The molecule has 6 heteroatoms. The van der Waals surface area contributed by atoms with Crippen molar-refractivity contribution >= 4 is 34.0 Å². The fourth-order valence-corrected chi connectivity index (χ4v) is 3.71. The molecule has 2 aromatic heterocycles. The van der Waals surface area contributed by atoms with E-state index in [1.165, 1.54) is 9.75 Å². The Morgan fingerprint density at radius 3 is 2.75 bits per heavy atom. The fraction of sp³-hybridized carbons (Fsp3) is 0.278. The van der Waals surface area contributed by atoms with Crippen LogP contribution in [0.25, 0.3) is 11.0 Å². The van der Waals surface area contributed by atoms with Crippen LogP contribution < -0.4 is 5.43 Å². The number of aryl methyl sites for hydroxylation is 3. The van der Waals surface area contributed by atoms with Crippen LogP contribution in [0.3, 0.4) is 0 Å². The topological polar surface area (TPSA) is 59.3 Å². The average Bonchev–Trinajstić information content (AvgIpc) is 3.05.